The van der Waals surface area contributed by atoms with Crippen molar-refractivity contribution in [3.63, 3.8) is 0 Å². The maximum Gasteiger partial charge on any atom is 0.243 e. The molecule has 0 aromatic heterocycles. The van der Waals surface area contributed by atoms with Crippen molar-refractivity contribution < 1.29 is 14.3 Å². The summed E-state index contributed by atoms with van der Waals surface area (Å²) in [6.07, 6.45) is 2.04. The molecule has 2 rings (SSSR count). The van der Waals surface area contributed by atoms with Crippen molar-refractivity contribution in [3.8, 4) is 5.75 Å². The Morgan fingerprint density at radius 2 is 1.67 bits per heavy atom. The number of nitrogens with one attached hydrogen (secondary N) is 1. The fourth-order valence-corrected chi connectivity index (χ4v) is 3.88. The number of ether oxygens (including phenoxy) is 1. The predicted octanol–water partition coefficient (Wildman–Crippen LogP) is 6.53. The summed E-state index contributed by atoms with van der Waals surface area (Å²) in [5.74, 6) is 0.394. The van der Waals surface area contributed by atoms with Crippen LogP contribution in [0.15, 0.2) is 42.5 Å². The van der Waals surface area contributed by atoms with Crippen molar-refractivity contribution in [2.75, 3.05) is 6.61 Å². The number of carbonyl (C=O) groups is 2. The highest BCUT2D eigenvalue weighted by atomic mass is 35.5. The molecule has 0 fully saturated rings. The Morgan fingerprint density at radius 3 is 2.27 bits per heavy atom. The molecule has 0 saturated heterocycles. The average Bonchev–Trinajstić information content (AvgIpc) is 2.78. The molecular formula is C25H31Cl3N2O3. The van der Waals surface area contributed by atoms with Gasteiger partial charge in [0.05, 0.1) is 6.61 Å². The Labute approximate surface area is 211 Å². The smallest absolute Gasteiger partial charge is 0.243 e. The molecule has 0 saturated carbocycles. The molecule has 33 heavy (non-hydrogen) atoms. The minimum atomic E-state index is -0.601. The van der Waals surface area contributed by atoms with Crippen molar-refractivity contribution in [2.24, 2.45) is 0 Å². The summed E-state index contributed by atoms with van der Waals surface area (Å²) in [5, 5.41) is 4.61. The third-order valence-electron chi connectivity index (χ3n) is 5.36. The molecule has 0 spiro atoms. The lowest BCUT2D eigenvalue weighted by Gasteiger charge is -2.32. The van der Waals surface area contributed by atoms with E-state index in [-0.39, 0.29) is 30.8 Å². The van der Waals surface area contributed by atoms with Crippen LogP contribution in [0.4, 0.5) is 0 Å². The third-order valence-corrected chi connectivity index (χ3v) is 6.20. The highest BCUT2D eigenvalue weighted by Crippen LogP contribution is 2.24. The van der Waals surface area contributed by atoms with Gasteiger partial charge in [-0.1, -0.05) is 54.7 Å². The second-order valence-electron chi connectivity index (χ2n) is 7.91. The van der Waals surface area contributed by atoms with Crippen LogP contribution in [0, 0.1) is 0 Å². The van der Waals surface area contributed by atoms with Gasteiger partial charge in [-0.3, -0.25) is 9.59 Å². The van der Waals surface area contributed by atoms with E-state index in [2.05, 4.69) is 5.32 Å². The largest absolute Gasteiger partial charge is 0.494 e. The Balaban J connectivity index is 2.10. The van der Waals surface area contributed by atoms with Crippen LogP contribution in [-0.2, 0) is 16.1 Å². The summed E-state index contributed by atoms with van der Waals surface area (Å²) in [7, 11) is 0. The molecule has 1 N–H and O–H groups in total. The average molecular weight is 514 g/mol. The summed E-state index contributed by atoms with van der Waals surface area (Å²) in [6.45, 7) is 6.44. The van der Waals surface area contributed by atoms with E-state index in [4.69, 9.17) is 39.5 Å². The molecule has 0 radical (unpaired) electrons. The lowest BCUT2D eigenvalue weighted by atomic mass is 10.1. The van der Waals surface area contributed by atoms with Crippen molar-refractivity contribution >= 4 is 46.6 Å². The maximum atomic E-state index is 13.2. The molecule has 0 bridgehead atoms. The SMILES string of the molecule is CC[C@H](C)NC(=O)[C@H](CC)N(Cc1ccc(Cl)cc1Cl)C(=O)CCCOc1ccc(Cl)cc1. The van der Waals surface area contributed by atoms with Crippen molar-refractivity contribution in [1.82, 2.24) is 10.2 Å². The van der Waals surface area contributed by atoms with Crippen LogP contribution in [0.3, 0.4) is 0 Å². The first-order valence-electron chi connectivity index (χ1n) is 11.2. The second-order valence-corrected chi connectivity index (χ2v) is 9.19. The summed E-state index contributed by atoms with van der Waals surface area (Å²) in [6, 6.07) is 11.6. The van der Waals surface area contributed by atoms with Crippen molar-refractivity contribution in [3.05, 3.63) is 63.1 Å². The van der Waals surface area contributed by atoms with E-state index < -0.39 is 6.04 Å². The molecule has 2 aromatic carbocycles. The maximum absolute atomic E-state index is 13.2. The molecule has 5 nitrogen and oxygen atoms in total. The topological polar surface area (TPSA) is 58.6 Å². The van der Waals surface area contributed by atoms with E-state index in [9.17, 15) is 9.59 Å². The van der Waals surface area contributed by atoms with Gasteiger partial charge in [-0.25, -0.2) is 0 Å². The van der Waals surface area contributed by atoms with Crippen LogP contribution >= 0.6 is 34.8 Å². The van der Waals surface area contributed by atoms with Crippen LogP contribution in [0.25, 0.3) is 0 Å². The first-order chi connectivity index (χ1) is 15.7. The van der Waals surface area contributed by atoms with Crippen LogP contribution < -0.4 is 10.1 Å². The Hall–Kier alpha value is -1.95. The van der Waals surface area contributed by atoms with Crippen LogP contribution in [0.2, 0.25) is 15.1 Å². The van der Waals surface area contributed by atoms with Gasteiger partial charge in [-0.2, -0.15) is 0 Å². The minimum Gasteiger partial charge on any atom is -0.494 e. The van der Waals surface area contributed by atoms with E-state index >= 15 is 0 Å². The summed E-state index contributed by atoms with van der Waals surface area (Å²) in [4.78, 5) is 27.8. The zero-order chi connectivity index (χ0) is 24.4. The van der Waals surface area contributed by atoms with Gasteiger partial charge in [0.2, 0.25) is 11.8 Å². The van der Waals surface area contributed by atoms with Crippen molar-refractivity contribution in [2.45, 2.75) is 65.1 Å². The summed E-state index contributed by atoms with van der Waals surface area (Å²) >= 11 is 18.3. The van der Waals surface area contributed by atoms with Crippen LogP contribution in [0.5, 0.6) is 5.75 Å². The van der Waals surface area contributed by atoms with Gasteiger partial charge < -0.3 is 15.0 Å². The number of nitrogens with zero attached hydrogens (tertiary/aromatic N) is 1. The molecule has 2 atom stereocenters. The van der Waals surface area contributed by atoms with Gasteiger partial charge in [0.15, 0.2) is 0 Å². The molecule has 0 unspecified atom stereocenters. The minimum absolute atomic E-state index is 0.0235. The molecule has 0 heterocycles. The van der Waals surface area contributed by atoms with Gasteiger partial charge in [0, 0.05) is 34.1 Å². The lowest BCUT2D eigenvalue weighted by Crippen LogP contribution is -2.50. The first kappa shape index (κ1) is 27.3. The number of hydrogen-bond donors (Lipinski definition) is 1. The third kappa shape index (κ3) is 8.73. The standard InChI is InChI=1S/C25H31Cl3N2O3/c1-4-17(3)29-25(32)23(5-2)30(16-18-8-9-20(27)15-22(18)28)24(31)7-6-14-33-21-12-10-19(26)11-13-21/h8-13,15,17,23H,4-7,14,16H2,1-3H3,(H,29,32)/t17-,23-/m0/s1. The zero-order valence-corrected chi connectivity index (χ0v) is 21.5. The van der Waals surface area contributed by atoms with E-state index in [1.165, 1.54) is 0 Å². The Morgan fingerprint density at radius 1 is 1.00 bits per heavy atom. The molecule has 0 aliphatic carbocycles. The van der Waals surface area contributed by atoms with Crippen LogP contribution in [0.1, 0.15) is 52.0 Å². The molecular weight excluding hydrogens is 483 g/mol. The van der Waals surface area contributed by atoms with E-state index in [1.807, 2.05) is 20.8 Å². The molecule has 0 aliphatic heterocycles. The highest BCUT2D eigenvalue weighted by molar-refractivity contribution is 6.35. The van der Waals surface area contributed by atoms with Gasteiger partial charge in [0.1, 0.15) is 11.8 Å². The monoisotopic (exact) mass is 512 g/mol. The molecule has 2 amide bonds. The predicted molar refractivity (Wildman–Crippen MR) is 135 cm³/mol. The quantitative estimate of drug-likeness (QED) is 0.328. The number of benzene rings is 2. The molecule has 8 heteroatoms. The zero-order valence-electron chi connectivity index (χ0n) is 19.2. The molecule has 180 valence electrons. The van der Waals surface area contributed by atoms with Crippen molar-refractivity contribution in [1.29, 1.82) is 0 Å². The number of halogens is 3. The van der Waals surface area contributed by atoms with E-state index in [1.54, 1.807) is 47.4 Å². The summed E-state index contributed by atoms with van der Waals surface area (Å²) in [5.41, 5.74) is 0.738. The fourth-order valence-electron chi connectivity index (χ4n) is 3.28. The number of hydrogen-bond acceptors (Lipinski definition) is 3. The highest BCUT2D eigenvalue weighted by Gasteiger charge is 2.29. The Bertz CT molecular complexity index is 922. The van der Waals surface area contributed by atoms with E-state index in [0.717, 1.165) is 12.0 Å². The second kappa shape index (κ2) is 13.7. The van der Waals surface area contributed by atoms with Gasteiger partial charge >= 0.3 is 0 Å². The normalized spacial score (nSPS) is 12.7. The number of rotatable bonds is 12. The first-order valence-corrected chi connectivity index (χ1v) is 12.3. The molecule has 0 aliphatic rings. The van der Waals surface area contributed by atoms with Crippen LogP contribution in [-0.4, -0.2) is 35.4 Å². The van der Waals surface area contributed by atoms with Gasteiger partial charge in [-0.15, -0.1) is 0 Å². The number of amides is 2. The fraction of sp³-hybridized carbons (Fsp3) is 0.440. The number of carbonyl (C=O) groups excluding carboxylic acids is 2. The lowest BCUT2D eigenvalue weighted by molar-refractivity contribution is -0.141. The van der Waals surface area contributed by atoms with Gasteiger partial charge in [-0.05, 0) is 68.1 Å². The molecule has 2 aromatic rings. The summed E-state index contributed by atoms with van der Waals surface area (Å²) < 4.78 is 5.70. The van der Waals surface area contributed by atoms with Gasteiger partial charge in [0.25, 0.3) is 0 Å². The van der Waals surface area contributed by atoms with E-state index in [0.29, 0.717) is 40.3 Å². The Kier molecular flexibility index (Phi) is 11.3.